The molecule has 2 fully saturated rings. The summed E-state index contributed by atoms with van der Waals surface area (Å²) in [7, 11) is 0. The summed E-state index contributed by atoms with van der Waals surface area (Å²) in [6.07, 6.45) is 5.67. The number of nitrogens with one attached hydrogen (secondary N) is 2. The van der Waals surface area contributed by atoms with Crippen LogP contribution in [0.1, 0.15) is 51.5 Å². The Kier molecular flexibility index (Phi) is 4.29. The molecule has 0 amide bonds. The number of nitrogens with zero attached hydrogens (tertiary/aromatic N) is 3. The van der Waals surface area contributed by atoms with Crippen molar-refractivity contribution < 1.29 is 0 Å². The van der Waals surface area contributed by atoms with Gasteiger partial charge >= 0.3 is 0 Å². The zero-order valence-corrected chi connectivity index (χ0v) is 13.4. The monoisotopic (exact) mass is 289 g/mol. The van der Waals surface area contributed by atoms with Gasteiger partial charge in [-0.2, -0.15) is 0 Å². The molecule has 21 heavy (non-hydrogen) atoms. The van der Waals surface area contributed by atoms with Gasteiger partial charge in [-0.15, -0.1) is 0 Å². The van der Waals surface area contributed by atoms with E-state index >= 15 is 0 Å². The minimum absolute atomic E-state index is 0.406. The Morgan fingerprint density at radius 2 is 2.00 bits per heavy atom. The summed E-state index contributed by atoms with van der Waals surface area (Å²) in [5.41, 5.74) is 1.21. The van der Waals surface area contributed by atoms with Gasteiger partial charge in [0.05, 0.1) is 0 Å². The second-order valence-corrected chi connectivity index (χ2v) is 6.53. The molecule has 1 saturated heterocycles. The maximum Gasteiger partial charge on any atom is 0.135 e. The summed E-state index contributed by atoms with van der Waals surface area (Å²) in [6, 6.07) is 1.39. The molecule has 0 spiro atoms. The van der Waals surface area contributed by atoms with Gasteiger partial charge in [0, 0.05) is 37.3 Å². The average Bonchev–Trinajstić information content (AvgIpc) is 3.20. The van der Waals surface area contributed by atoms with Gasteiger partial charge < -0.3 is 10.6 Å². The van der Waals surface area contributed by atoms with E-state index in [1.807, 2.05) is 0 Å². The van der Waals surface area contributed by atoms with E-state index in [2.05, 4.69) is 46.3 Å². The molecule has 0 bridgehead atoms. The molecule has 2 aliphatic rings. The molecule has 0 radical (unpaired) electrons. The van der Waals surface area contributed by atoms with E-state index in [9.17, 15) is 0 Å². The summed E-state index contributed by atoms with van der Waals surface area (Å²) in [4.78, 5) is 11.5. The van der Waals surface area contributed by atoms with Gasteiger partial charge in [-0.25, -0.2) is 9.97 Å². The quantitative estimate of drug-likeness (QED) is 0.843. The van der Waals surface area contributed by atoms with Gasteiger partial charge in [-0.05, 0) is 32.1 Å². The highest BCUT2D eigenvalue weighted by atomic mass is 15.2. The van der Waals surface area contributed by atoms with Crippen molar-refractivity contribution in [1.82, 2.24) is 14.9 Å². The van der Waals surface area contributed by atoms with E-state index in [-0.39, 0.29) is 0 Å². The zero-order chi connectivity index (χ0) is 14.8. The van der Waals surface area contributed by atoms with E-state index in [1.165, 1.54) is 31.4 Å². The van der Waals surface area contributed by atoms with E-state index in [0.29, 0.717) is 12.0 Å². The third-order valence-electron chi connectivity index (χ3n) is 4.43. The van der Waals surface area contributed by atoms with Crippen molar-refractivity contribution in [2.24, 2.45) is 0 Å². The van der Waals surface area contributed by atoms with E-state index in [1.54, 1.807) is 6.33 Å². The molecule has 1 aromatic rings. The third kappa shape index (κ3) is 3.28. The van der Waals surface area contributed by atoms with Crippen LogP contribution in [0.25, 0.3) is 0 Å². The van der Waals surface area contributed by atoms with E-state index in [0.717, 1.165) is 30.8 Å². The molecule has 1 saturated carbocycles. The highest BCUT2D eigenvalue weighted by Gasteiger charge is 2.34. The van der Waals surface area contributed by atoms with Crippen molar-refractivity contribution in [3.05, 3.63) is 11.9 Å². The van der Waals surface area contributed by atoms with Crippen molar-refractivity contribution >= 4 is 11.6 Å². The number of hydrogen-bond acceptors (Lipinski definition) is 5. The second-order valence-electron chi connectivity index (χ2n) is 6.53. The summed E-state index contributed by atoms with van der Waals surface area (Å²) in [5, 5.41) is 7.03. The Balaban J connectivity index is 1.73. The fourth-order valence-electron chi connectivity index (χ4n) is 3.24. The Morgan fingerprint density at radius 1 is 1.24 bits per heavy atom. The first-order valence-corrected chi connectivity index (χ1v) is 8.28. The minimum atomic E-state index is 0.406. The second kappa shape index (κ2) is 6.18. The molecule has 1 aromatic heterocycles. The molecular weight excluding hydrogens is 262 g/mol. The lowest BCUT2D eigenvalue weighted by Crippen LogP contribution is -2.28. The molecule has 1 aliphatic carbocycles. The summed E-state index contributed by atoms with van der Waals surface area (Å²) >= 11 is 0. The maximum absolute atomic E-state index is 4.51. The first-order chi connectivity index (χ1) is 10.2. The summed E-state index contributed by atoms with van der Waals surface area (Å²) < 4.78 is 0. The number of aromatic nitrogens is 2. The molecule has 5 nitrogen and oxygen atoms in total. The highest BCUT2D eigenvalue weighted by Crippen LogP contribution is 2.32. The van der Waals surface area contributed by atoms with Crippen LogP contribution in [0.4, 0.5) is 11.6 Å². The van der Waals surface area contributed by atoms with Gasteiger partial charge in [-0.3, -0.25) is 4.90 Å². The lowest BCUT2D eigenvalue weighted by molar-refractivity contribution is 0.326. The van der Waals surface area contributed by atoms with E-state index < -0.39 is 0 Å². The van der Waals surface area contributed by atoms with Crippen molar-refractivity contribution in [3.63, 3.8) is 0 Å². The largest absolute Gasteiger partial charge is 0.370 e. The number of likely N-dealkylation sites (tertiary alicyclic amines) is 1. The summed E-state index contributed by atoms with van der Waals surface area (Å²) in [6.45, 7) is 9.78. The molecular formula is C16H27N5. The Hall–Kier alpha value is -1.36. The molecule has 0 aromatic carbocycles. The fourth-order valence-corrected chi connectivity index (χ4v) is 3.24. The van der Waals surface area contributed by atoms with Crippen molar-refractivity contribution in [2.45, 2.75) is 58.0 Å². The van der Waals surface area contributed by atoms with Crippen molar-refractivity contribution in [1.29, 1.82) is 0 Å². The predicted octanol–water partition coefficient (Wildman–Crippen LogP) is 2.68. The molecule has 2 heterocycles. The van der Waals surface area contributed by atoms with Crippen LogP contribution in [-0.4, -0.2) is 46.6 Å². The fraction of sp³-hybridized carbons (Fsp3) is 0.750. The van der Waals surface area contributed by atoms with Crippen molar-refractivity contribution in [3.8, 4) is 0 Å². The molecule has 3 rings (SSSR count). The number of hydrogen-bond donors (Lipinski definition) is 2. The van der Waals surface area contributed by atoms with Gasteiger partial charge in [0.2, 0.25) is 0 Å². The third-order valence-corrected chi connectivity index (χ3v) is 4.43. The van der Waals surface area contributed by atoms with Gasteiger partial charge in [0.15, 0.2) is 0 Å². The van der Waals surface area contributed by atoms with Crippen molar-refractivity contribution in [2.75, 3.05) is 30.3 Å². The van der Waals surface area contributed by atoms with Gasteiger partial charge in [0.1, 0.15) is 18.0 Å². The molecule has 1 unspecified atom stereocenters. The van der Waals surface area contributed by atoms with Crippen LogP contribution in [0.2, 0.25) is 0 Å². The first-order valence-electron chi connectivity index (χ1n) is 8.28. The lowest BCUT2D eigenvalue weighted by Gasteiger charge is -2.21. The number of rotatable bonds is 6. The normalized spacial score (nSPS) is 22.8. The van der Waals surface area contributed by atoms with E-state index in [4.69, 9.17) is 0 Å². The lowest BCUT2D eigenvalue weighted by atomic mass is 10.0. The smallest absolute Gasteiger partial charge is 0.135 e. The Bertz CT molecular complexity index is 484. The summed E-state index contributed by atoms with van der Waals surface area (Å²) in [5.74, 6) is 2.39. The van der Waals surface area contributed by atoms with Crippen LogP contribution in [0.3, 0.4) is 0 Å². The minimum Gasteiger partial charge on any atom is -0.370 e. The molecule has 1 atom stereocenters. The Labute approximate surface area is 127 Å². The highest BCUT2D eigenvalue weighted by molar-refractivity contribution is 5.59. The molecule has 5 heteroatoms. The van der Waals surface area contributed by atoms with Crippen LogP contribution in [-0.2, 0) is 0 Å². The van der Waals surface area contributed by atoms with Crippen LogP contribution in [0, 0.1) is 0 Å². The molecule has 2 N–H and O–H groups in total. The van der Waals surface area contributed by atoms with Crippen LogP contribution >= 0.6 is 0 Å². The number of anilines is 2. The van der Waals surface area contributed by atoms with Crippen LogP contribution < -0.4 is 10.6 Å². The Morgan fingerprint density at radius 3 is 2.67 bits per heavy atom. The topological polar surface area (TPSA) is 53.1 Å². The molecule has 1 aliphatic heterocycles. The maximum atomic E-state index is 4.51. The zero-order valence-electron chi connectivity index (χ0n) is 13.4. The SMILES string of the molecule is CCNc1ncnc(NC2CCN(C3CC3)C2)c1C(C)C. The van der Waals surface area contributed by atoms with Crippen LogP contribution in [0.5, 0.6) is 0 Å². The van der Waals surface area contributed by atoms with Gasteiger partial charge in [0.25, 0.3) is 0 Å². The first kappa shape index (κ1) is 14.6. The van der Waals surface area contributed by atoms with Gasteiger partial charge in [-0.1, -0.05) is 13.8 Å². The van der Waals surface area contributed by atoms with Crippen LogP contribution in [0.15, 0.2) is 6.33 Å². The average molecular weight is 289 g/mol. The predicted molar refractivity (Wildman–Crippen MR) is 86.9 cm³/mol. The standard InChI is InChI=1S/C16H27N5/c1-4-17-15-14(11(2)3)16(19-10-18-15)20-12-7-8-21(9-12)13-5-6-13/h10-13H,4-9H2,1-3H3,(H2,17,18,19,20). The molecule has 116 valence electrons.